The molecule has 2 rings (SSSR count). The standard InChI is InChI=1S/C11H15ClN2O2S/c1-8-6-9(7-13-11(8)12)14-17(15,16)10-4-2-3-5-10/h6-7,10,14H,2-5H2,1H3. The molecule has 0 saturated heterocycles. The van der Waals surface area contributed by atoms with Crippen molar-refractivity contribution < 1.29 is 8.42 Å². The largest absolute Gasteiger partial charge is 0.282 e. The Morgan fingerprint density at radius 2 is 2.06 bits per heavy atom. The number of pyridine rings is 1. The van der Waals surface area contributed by atoms with Gasteiger partial charge in [-0.3, -0.25) is 4.72 Å². The number of aromatic nitrogens is 1. The third-order valence-corrected chi connectivity index (χ3v) is 5.28. The monoisotopic (exact) mass is 274 g/mol. The van der Waals surface area contributed by atoms with Crippen LogP contribution in [0.25, 0.3) is 0 Å². The van der Waals surface area contributed by atoms with Crippen molar-refractivity contribution in [1.29, 1.82) is 0 Å². The first kappa shape index (κ1) is 12.6. The third-order valence-electron chi connectivity index (χ3n) is 3.02. The maximum Gasteiger partial charge on any atom is 0.235 e. The molecule has 0 aromatic carbocycles. The van der Waals surface area contributed by atoms with E-state index in [1.165, 1.54) is 6.20 Å². The molecule has 0 atom stereocenters. The van der Waals surface area contributed by atoms with E-state index in [9.17, 15) is 8.42 Å². The van der Waals surface area contributed by atoms with Crippen LogP contribution < -0.4 is 4.72 Å². The van der Waals surface area contributed by atoms with Crippen LogP contribution in [0.4, 0.5) is 5.69 Å². The molecule has 94 valence electrons. The zero-order valence-electron chi connectivity index (χ0n) is 9.61. The minimum Gasteiger partial charge on any atom is -0.282 e. The fourth-order valence-corrected chi connectivity index (χ4v) is 3.72. The van der Waals surface area contributed by atoms with Gasteiger partial charge in [0.1, 0.15) is 5.15 Å². The zero-order chi connectivity index (χ0) is 12.5. The molecular weight excluding hydrogens is 260 g/mol. The molecule has 0 bridgehead atoms. The number of aryl methyl sites for hydroxylation is 1. The SMILES string of the molecule is Cc1cc(NS(=O)(=O)C2CCCC2)cnc1Cl. The van der Waals surface area contributed by atoms with Gasteiger partial charge in [0, 0.05) is 0 Å². The van der Waals surface area contributed by atoms with Crippen LogP contribution >= 0.6 is 11.6 Å². The number of halogens is 1. The molecule has 0 aliphatic heterocycles. The van der Waals surface area contributed by atoms with Crippen LogP contribution in [0.15, 0.2) is 12.3 Å². The summed E-state index contributed by atoms with van der Waals surface area (Å²) in [5, 5.41) is 0.132. The summed E-state index contributed by atoms with van der Waals surface area (Å²) in [6.07, 6.45) is 4.92. The Bertz CT molecular complexity index is 510. The maximum absolute atomic E-state index is 12.0. The fraction of sp³-hybridized carbons (Fsp3) is 0.545. The van der Waals surface area contributed by atoms with Gasteiger partial charge in [-0.2, -0.15) is 0 Å². The molecule has 1 aromatic rings. The van der Waals surface area contributed by atoms with Gasteiger partial charge in [0.05, 0.1) is 17.1 Å². The Kier molecular flexibility index (Phi) is 3.58. The molecule has 0 spiro atoms. The van der Waals surface area contributed by atoms with Gasteiger partial charge in [-0.25, -0.2) is 13.4 Å². The van der Waals surface area contributed by atoms with Gasteiger partial charge in [0.2, 0.25) is 10.0 Å². The Labute approximate surface area is 106 Å². The lowest BCUT2D eigenvalue weighted by Crippen LogP contribution is -2.25. The average molecular weight is 275 g/mol. The molecule has 1 aromatic heterocycles. The Hall–Kier alpha value is -0.810. The normalized spacial score (nSPS) is 17.3. The predicted molar refractivity (Wildman–Crippen MR) is 68.8 cm³/mol. The second-order valence-electron chi connectivity index (χ2n) is 4.39. The number of anilines is 1. The van der Waals surface area contributed by atoms with E-state index < -0.39 is 10.0 Å². The summed E-state index contributed by atoms with van der Waals surface area (Å²) in [6.45, 7) is 1.79. The number of hydrogen-bond acceptors (Lipinski definition) is 3. The van der Waals surface area contributed by atoms with Gasteiger partial charge in [-0.05, 0) is 31.4 Å². The Morgan fingerprint density at radius 3 is 2.65 bits per heavy atom. The number of sulfonamides is 1. The highest BCUT2D eigenvalue weighted by molar-refractivity contribution is 7.93. The van der Waals surface area contributed by atoms with E-state index in [-0.39, 0.29) is 5.25 Å². The maximum atomic E-state index is 12.0. The summed E-state index contributed by atoms with van der Waals surface area (Å²) >= 11 is 5.79. The molecule has 4 nitrogen and oxygen atoms in total. The predicted octanol–water partition coefficient (Wildman–Crippen LogP) is 2.73. The van der Waals surface area contributed by atoms with Crippen LogP contribution in [0.1, 0.15) is 31.2 Å². The van der Waals surface area contributed by atoms with Gasteiger partial charge in [0.15, 0.2) is 0 Å². The third kappa shape index (κ3) is 2.90. The molecule has 0 radical (unpaired) electrons. The number of nitrogens with zero attached hydrogens (tertiary/aromatic N) is 1. The Morgan fingerprint density at radius 1 is 1.41 bits per heavy atom. The zero-order valence-corrected chi connectivity index (χ0v) is 11.2. The molecule has 1 N–H and O–H groups in total. The van der Waals surface area contributed by atoms with Crippen molar-refractivity contribution in [2.24, 2.45) is 0 Å². The van der Waals surface area contributed by atoms with E-state index in [4.69, 9.17) is 11.6 Å². The summed E-state index contributed by atoms with van der Waals surface area (Å²) in [5.41, 5.74) is 1.25. The van der Waals surface area contributed by atoms with Crippen LogP contribution in [0.2, 0.25) is 5.15 Å². The van der Waals surface area contributed by atoms with Crippen LogP contribution in [0, 0.1) is 6.92 Å². The molecular formula is C11H15ClN2O2S. The summed E-state index contributed by atoms with van der Waals surface area (Å²) in [4.78, 5) is 3.93. The summed E-state index contributed by atoms with van der Waals surface area (Å²) < 4.78 is 26.6. The highest BCUT2D eigenvalue weighted by Crippen LogP contribution is 2.26. The number of rotatable bonds is 3. The summed E-state index contributed by atoms with van der Waals surface area (Å²) in [6, 6.07) is 1.70. The fourth-order valence-electron chi connectivity index (χ4n) is 2.06. The van der Waals surface area contributed by atoms with Crippen molar-refractivity contribution in [1.82, 2.24) is 4.98 Å². The smallest absolute Gasteiger partial charge is 0.235 e. The van der Waals surface area contributed by atoms with Crippen molar-refractivity contribution >= 4 is 27.3 Å². The molecule has 1 heterocycles. The first-order valence-corrected chi connectivity index (χ1v) is 7.55. The summed E-state index contributed by atoms with van der Waals surface area (Å²) in [7, 11) is -3.28. The van der Waals surface area contributed by atoms with E-state index in [1.54, 1.807) is 13.0 Å². The van der Waals surface area contributed by atoms with Crippen LogP contribution in [-0.4, -0.2) is 18.7 Å². The van der Waals surface area contributed by atoms with Gasteiger partial charge < -0.3 is 0 Å². The number of hydrogen-bond donors (Lipinski definition) is 1. The first-order chi connectivity index (χ1) is 7.99. The lowest BCUT2D eigenvalue weighted by atomic mass is 10.3. The van der Waals surface area contributed by atoms with E-state index >= 15 is 0 Å². The van der Waals surface area contributed by atoms with Crippen molar-refractivity contribution in [2.45, 2.75) is 37.9 Å². The number of nitrogens with one attached hydrogen (secondary N) is 1. The molecule has 0 unspecified atom stereocenters. The van der Waals surface area contributed by atoms with Crippen molar-refractivity contribution in [3.05, 3.63) is 23.0 Å². The van der Waals surface area contributed by atoms with Crippen molar-refractivity contribution in [3.8, 4) is 0 Å². The van der Waals surface area contributed by atoms with Crippen LogP contribution in [-0.2, 0) is 10.0 Å². The van der Waals surface area contributed by atoms with E-state index in [2.05, 4.69) is 9.71 Å². The average Bonchev–Trinajstić information content (AvgIpc) is 2.77. The lowest BCUT2D eigenvalue weighted by Gasteiger charge is -2.13. The highest BCUT2D eigenvalue weighted by atomic mass is 35.5. The van der Waals surface area contributed by atoms with Crippen molar-refractivity contribution in [2.75, 3.05) is 4.72 Å². The van der Waals surface area contributed by atoms with Gasteiger partial charge in [0.25, 0.3) is 0 Å². The molecule has 17 heavy (non-hydrogen) atoms. The minimum absolute atomic E-state index is 0.265. The first-order valence-electron chi connectivity index (χ1n) is 5.63. The second-order valence-corrected chi connectivity index (χ2v) is 6.70. The van der Waals surface area contributed by atoms with Crippen molar-refractivity contribution in [3.63, 3.8) is 0 Å². The van der Waals surface area contributed by atoms with E-state index in [0.29, 0.717) is 10.8 Å². The Balaban J connectivity index is 2.17. The molecule has 0 amide bonds. The molecule has 1 saturated carbocycles. The highest BCUT2D eigenvalue weighted by Gasteiger charge is 2.28. The molecule has 1 aliphatic carbocycles. The van der Waals surface area contributed by atoms with E-state index in [1.807, 2.05) is 0 Å². The van der Waals surface area contributed by atoms with E-state index in [0.717, 1.165) is 31.2 Å². The molecule has 1 aliphatic rings. The van der Waals surface area contributed by atoms with Crippen LogP contribution in [0.5, 0.6) is 0 Å². The summed E-state index contributed by atoms with van der Waals surface area (Å²) in [5.74, 6) is 0. The molecule has 1 fully saturated rings. The minimum atomic E-state index is -3.28. The van der Waals surface area contributed by atoms with Crippen LogP contribution in [0.3, 0.4) is 0 Å². The lowest BCUT2D eigenvalue weighted by molar-refractivity contribution is 0.585. The second kappa shape index (κ2) is 4.82. The molecule has 6 heteroatoms. The van der Waals surface area contributed by atoms with Gasteiger partial charge in [-0.1, -0.05) is 24.4 Å². The quantitative estimate of drug-likeness (QED) is 0.862. The topological polar surface area (TPSA) is 59.1 Å². The van der Waals surface area contributed by atoms with Gasteiger partial charge in [-0.15, -0.1) is 0 Å². The van der Waals surface area contributed by atoms with Gasteiger partial charge >= 0.3 is 0 Å².